The van der Waals surface area contributed by atoms with Gasteiger partial charge in [-0.1, -0.05) is 49.0 Å². The molecular weight excluding hydrogens is 328 g/mol. The number of carbonyl (C=O) groups is 1. The molecule has 1 unspecified atom stereocenters. The van der Waals surface area contributed by atoms with E-state index in [4.69, 9.17) is 0 Å². The Morgan fingerprint density at radius 1 is 1.35 bits per heavy atom. The van der Waals surface area contributed by atoms with Gasteiger partial charge in [-0.15, -0.1) is 21.5 Å². The molecule has 3 rings (SSSR count). The van der Waals surface area contributed by atoms with Crippen molar-refractivity contribution < 1.29 is 4.79 Å². The van der Waals surface area contributed by atoms with Gasteiger partial charge in [0.2, 0.25) is 10.9 Å². The fourth-order valence-electron chi connectivity index (χ4n) is 2.15. The van der Waals surface area contributed by atoms with Crippen molar-refractivity contribution in [3.63, 3.8) is 0 Å². The molecule has 2 heterocycles. The van der Waals surface area contributed by atoms with Crippen LogP contribution in [0.5, 0.6) is 0 Å². The van der Waals surface area contributed by atoms with Crippen molar-refractivity contribution in [3.8, 4) is 11.3 Å². The largest absolute Gasteiger partial charge is 0.353 e. The standard InChI is InChI=1S/C16H18N4OS2/c1-3-11(2)17-14(21)10-23-16-19-18-15-20(16)13(9-22-15)12-7-5-4-6-8-12/h4-9,11H,3,10H2,1-2H3,(H,17,21). The van der Waals surface area contributed by atoms with Crippen molar-refractivity contribution in [2.24, 2.45) is 0 Å². The number of benzene rings is 1. The lowest BCUT2D eigenvalue weighted by atomic mass is 10.2. The predicted molar refractivity (Wildman–Crippen MR) is 94.9 cm³/mol. The van der Waals surface area contributed by atoms with Crippen LogP contribution in [0.2, 0.25) is 0 Å². The minimum absolute atomic E-state index is 0.0255. The van der Waals surface area contributed by atoms with Crippen LogP contribution in [-0.4, -0.2) is 32.3 Å². The zero-order valence-corrected chi connectivity index (χ0v) is 14.7. The summed E-state index contributed by atoms with van der Waals surface area (Å²) < 4.78 is 2.02. The van der Waals surface area contributed by atoms with Crippen LogP contribution in [0.3, 0.4) is 0 Å². The van der Waals surface area contributed by atoms with Crippen LogP contribution in [0.1, 0.15) is 20.3 Å². The Balaban J connectivity index is 1.80. The normalized spacial score (nSPS) is 12.4. The van der Waals surface area contributed by atoms with Crippen molar-refractivity contribution in [2.75, 3.05) is 5.75 Å². The molecule has 120 valence electrons. The van der Waals surface area contributed by atoms with E-state index in [0.717, 1.165) is 27.8 Å². The topological polar surface area (TPSA) is 59.3 Å². The predicted octanol–water partition coefficient (Wildman–Crippen LogP) is 3.46. The summed E-state index contributed by atoms with van der Waals surface area (Å²) in [4.78, 5) is 12.8. The number of carbonyl (C=O) groups excluding carboxylic acids is 1. The summed E-state index contributed by atoms with van der Waals surface area (Å²) in [5.41, 5.74) is 2.17. The van der Waals surface area contributed by atoms with Crippen LogP contribution in [-0.2, 0) is 4.79 Å². The monoisotopic (exact) mass is 346 g/mol. The van der Waals surface area contributed by atoms with E-state index in [1.807, 2.05) is 29.5 Å². The number of aromatic nitrogens is 3. The van der Waals surface area contributed by atoms with Gasteiger partial charge >= 0.3 is 0 Å². The summed E-state index contributed by atoms with van der Waals surface area (Å²) in [6.45, 7) is 4.06. The van der Waals surface area contributed by atoms with Crippen LogP contribution in [0, 0.1) is 0 Å². The Hall–Kier alpha value is -1.86. The third-order valence-corrected chi connectivity index (χ3v) is 5.29. The van der Waals surface area contributed by atoms with Crippen LogP contribution < -0.4 is 5.32 Å². The summed E-state index contributed by atoms with van der Waals surface area (Å²) >= 11 is 2.97. The fraction of sp³-hybridized carbons (Fsp3) is 0.312. The average Bonchev–Trinajstić information content (AvgIpc) is 3.15. The second-order valence-electron chi connectivity index (χ2n) is 5.25. The van der Waals surface area contributed by atoms with Gasteiger partial charge in [0.05, 0.1) is 11.4 Å². The van der Waals surface area contributed by atoms with E-state index in [9.17, 15) is 4.79 Å². The third kappa shape index (κ3) is 3.56. The van der Waals surface area contributed by atoms with Gasteiger partial charge in [0.1, 0.15) is 0 Å². The van der Waals surface area contributed by atoms with Gasteiger partial charge in [0.25, 0.3) is 0 Å². The fourth-order valence-corrected chi connectivity index (χ4v) is 3.80. The number of nitrogens with zero attached hydrogens (tertiary/aromatic N) is 3. The van der Waals surface area contributed by atoms with Gasteiger partial charge in [-0.2, -0.15) is 0 Å². The van der Waals surface area contributed by atoms with E-state index in [-0.39, 0.29) is 11.9 Å². The molecule has 7 heteroatoms. The molecule has 0 aliphatic rings. The minimum atomic E-state index is 0.0255. The molecule has 2 aromatic heterocycles. The zero-order chi connectivity index (χ0) is 16.2. The highest BCUT2D eigenvalue weighted by Gasteiger charge is 2.15. The Morgan fingerprint density at radius 3 is 2.87 bits per heavy atom. The quantitative estimate of drug-likeness (QED) is 0.694. The van der Waals surface area contributed by atoms with Gasteiger partial charge in [0, 0.05) is 11.4 Å². The average molecular weight is 346 g/mol. The number of fused-ring (bicyclic) bond motifs is 1. The summed E-state index contributed by atoms with van der Waals surface area (Å²) in [5, 5.41) is 14.2. The Labute approximate surface area is 143 Å². The van der Waals surface area contributed by atoms with Crippen LogP contribution in [0.25, 0.3) is 16.2 Å². The Bertz CT molecular complexity index is 797. The number of rotatable bonds is 6. The van der Waals surface area contributed by atoms with Gasteiger partial charge in [-0.3, -0.25) is 9.20 Å². The number of thiazole rings is 1. The molecule has 1 aromatic carbocycles. The van der Waals surface area contributed by atoms with Gasteiger partial charge in [-0.25, -0.2) is 0 Å². The van der Waals surface area contributed by atoms with Gasteiger partial charge < -0.3 is 5.32 Å². The molecule has 0 bridgehead atoms. The van der Waals surface area contributed by atoms with Crippen LogP contribution in [0.15, 0.2) is 40.9 Å². The molecule has 0 aliphatic heterocycles. The lowest BCUT2D eigenvalue weighted by Crippen LogP contribution is -2.33. The van der Waals surface area contributed by atoms with Gasteiger partial charge in [0.15, 0.2) is 5.16 Å². The second kappa shape index (κ2) is 7.14. The second-order valence-corrected chi connectivity index (χ2v) is 7.03. The minimum Gasteiger partial charge on any atom is -0.353 e. The molecule has 0 saturated heterocycles. The van der Waals surface area contributed by atoms with Crippen molar-refractivity contribution in [3.05, 3.63) is 35.7 Å². The maximum atomic E-state index is 12.0. The number of hydrogen-bond donors (Lipinski definition) is 1. The summed E-state index contributed by atoms with van der Waals surface area (Å²) in [7, 11) is 0. The first-order chi connectivity index (χ1) is 11.2. The van der Waals surface area contributed by atoms with E-state index in [0.29, 0.717) is 5.75 Å². The number of hydrogen-bond acceptors (Lipinski definition) is 5. The molecule has 1 N–H and O–H groups in total. The van der Waals surface area contributed by atoms with E-state index in [1.54, 1.807) is 11.3 Å². The maximum absolute atomic E-state index is 12.0. The molecule has 0 aliphatic carbocycles. The molecule has 0 saturated carbocycles. The zero-order valence-electron chi connectivity index (χ0n) is 13.0. The third-order valence-electron chi connectivity index (χ3n) is 3.54. The summed E-state index contributed by atoms with van der Waals surface area (Å²) in [6, 6.07) is 10.3. The van der Waals surface area contributed by atoms with E-state index >= 15 is 0 Å². The molecule has 0 radical (unpaired) electrons. The van der Waals surface area contributed by atoms with E-state index < -0.39 is 0 Å². The number of thioether (sulfide) groups is 1. The molecule has 0 fully saturated rings. The molecular formula is C16H18N4OS2. The molecule has 5 nitrogen and oxygen atoms in total. The first-order valence-corrected chi connectivity index (χ1v) is 9.35. The van der Waals surface area contributed by atoms with E-state index in [2.05, 4.69) is 40.0 Å². The highest BCUT2D eigenvalue weighted by atomic mass is 32.2. The first-order valence-electron chi connectivity index (χ1n) is 7.49. The van der Waals surface area contributed by atoms with Crippen molar-refractivity contribution in [1.29, 1.82) is 0 Å². The number of nitrogens with one attached hydrogen (secondary N) is 1. The summed E-state index contributed by atoms with van der Waals surface area (Å²) in [5.74, 6) is 0.368. The molecule has 1 amide bonds. The van der Waals surface area contributed by atoms with Crippen LogP contribution >= 0.6 is 23.1 Å². The highest BCUT2D eigenvalue weighted by molar-refractivity contribution is 7.99. The lowest BCUT2D eigenvalue weighted by molar-refractivity contribution is -0.119. The molecule has 23 heavy (non-hydrogen) atoms. The van der Waals surface area contributed by atoms with Crippen LogP contribution in [0.4, 0.5) is 0 Å². The van der Waals surface area contributed by atoms with Crippen molar-refractivity contribution in [1.82, 2.24) is 19.9 Å². The Morgan fingerprint density at radius 2 is 2.13 bits per heavy atom. The Kier molecular flexibility index (Phi) is 4.97. The highest BCUT2D eigenvalue weighted by Crippen LogP contribution is 2.29. The molecule has 0 spiro atoms. The first kappa shape index (κ1) is 16.0. The van der Waals surface area contributed by atoms with Crippen molar-refractivity contribution in [2.45, 2.75) is 31.5 Å². The smallest absolute Gasteiger partial charge is 0.230 e. The molecule has 3 aromatic rings. The maximum Gasteiger partial charge on any atom is 0.230 e. The number of amides is 1. The lowest BCUT2D eigenvalue weighted by Gasteiger charge is -2.10. The summed E-state index contributed by atoms with van der Waals surface area (Å²) in [6.07, 6.45) is 0.925. The van der Waals surface area contributed by atoms with Crippen molar-refractivity contribution >= 4 is 34.0 Å². The molecule has 1 atom stereocenters. The SMILES string of the molecule is CCC(C)NC(=O)CSc1nnc2scc(-c3ccccc3)n12. The van der Waals surface area contributed by atoms with Gasteiger partial charge in [-0.05, 0) is 18.9 Å². The van der Waals surface area contributed by atoms with E-state index in [1.165, 1.54) is 11.8 Å².